The van der Waals surface area contributed by atoms with Crippen molar-refractivity contribution >= 4 is 23.4 Å². The normalized spacial score (nSPS) is 14.8. The van der Waals surface area contributed by atoms with E-state index < -0.39 is 11.8 Å². The molecule has 0 spiro atoms. The van der Waals surface area contributed by atoms with Crippen LogP contribution >= 0.6 is 0 Å². The first-order chi connectivity index (χ1) is 9.04. The number of rotatable bonds is 4. The molecule has 1 atom stereocenters. The van der Waals surface area contributed by atoms with Gasteiger partial charge in [0.05, 0.1) is 16.8 Å². The van der Waals surface area contributed by atoms with E-state index in [9.17, 15) is 14.4 Å². The molecule has 0 radical (unpaired) electrons. The van der Waals surface area contributed by atoms with Crippen molar-refractivity contribution in [3.05, 3.63) is 29.3 Å². The third-order valence-electron chi connectivity index (χ3n) is 3.19. The van der Waals surface area contributed by atoms with Crippen molar-refractivity contribution in [3.8, 4) is 0 Å². The van der Waals surface area contributed by atoms with Gasteiger partial charge < -0.3 is 5.32 Å². The molecule has 5 nitrogen and oxygen atoms in total. The van der Waals surface area contributed by atoms with Gasteiger partial charge in [0.1, 0.15) is 0 Å². The average molecular weight is 260 g/mol. The zero-order chi connectivity index (χ0) is 14.0. The van der Waals surface area contributed by atoms with Gasteiger partial charge in [0.15, 0.2) is 0 Å². The van der Waals surface area contributed by atoms with Gasteiger partial charge in [0.25, 0.3) is 11.8 Å². The predicted molar refractivity (Wildman–Crippen MR) is 70.9 cm³/mol. The number of hydrogen-bond donors (Lipinski definition) is 2. The van der Waals surface area contributed by atoms with Gasteiger partial charge in [-0.25, -0.2) is 0 Å². The summed E-state index contributed by atoms with van der Waals surface area (Å²) in [5.41, 5.74) is 0.962. The fourth-order valence-electron chi connectivity index (χ4n) is 2.14. The van der Waals surface area contributed by atoms with E-state index >= 15 is 0 Å². The van der Waals surface area contributed by atoms with Crippen LogP contribution in [0, 0.1) is 5.92 Å². The fraction of sp³-hybridized carbons (Fsp3) is 0.357. The van der Waals surface area contributed by atoms with Crippen molar-refractivity contribution in [2.75, 3.05) is 5.32 Å². The summed E-state index contributed by atoms with van der Waals surface area (Å²) in [7, 11) is 0. The summed E-state index contributed by atoms with van der Waals surface area (Å²) in [5, 5.41) is 4.95. The van der Waals surface area contributed by atoms with Crippen LogP contribution in [0.2, 0.25) is 0 Å². The Morgan fingerprint density at radius 2 is 2.05 bits per heavy atom. The molecule has 2 N–H and O–H groups in total. The molecule has 1 heterocycles. The zero-order valence-corrected chi connectivity index (χ0v) is 10.9. The number of imide groups is 1. The van der Waals surface area contributed by atoms with Crippen LogP contribution < -0.4 is 10.6 Å². The van der Waals surface area contributed by atoms with Gasteiger partial charge in [-0.2, -0.15) is 0 Å². The van der Waals surface area contributed by atoms with E-state index in [1.807, 2.05) is 13.8 Å². The van der Waals surface area contributed by atoms with Crippen molar-refractivity contribution < 1.29 is 14.4 Å². The number of carbonyl (C=O) groups is 3. The molecular weight excluding hydrogens is 244 g/mol. The molecule has 1 aliphatic heterocycles. The molecule has 1 aromatic carbocycles. The van der Waals surface area contributed by atoms with Crippen LogP contribution in [0.4, 0.5) is 5.69 Å². The Hall–Kier alpha value is -2.17. The molecular formula is C14H16N2O3. The maximum atomic E-state index is 12.0. The smallest absolute Gasteiger partial charge is 0.261 e. The van der Waals surface area contributed by atoms with E-state index in [4.69, 9.17) is 0 Å². The lowest BCUT2D eigenvalue weighted by molar-refractivity contribution is -0.119. The van der Waals surface area contributed by atoms with Crippen LogP contribution in [-0.2, 0) is 4.79 Å². The second-order valence-corrected chi connectivity index (χ2v) is 4.69. The molecule has 1 unspecified atom stereocenters. The highest BCUT2D eigenvalue weighted by atomic mass is 16.2. The number of fused-ring (bicyclic) bond motifs is 1. The number of hydrogen-bond acceptors (Lipinski definition) is 3. The van der Waals surface area contributed by atoms with Gasteiger partial charge in [-0.3, -0.25) is 19.7 Å². The zero-order valence-electron chi connectivity index (χ0n) is 10.9. The summed E-state index contributed by atoms with van der Waals surface area (Å²) in [6.45, 7) is 3.85. The topological polar surface area (TPSA) is 75.3 Å². The van der Waals surface area contributed by atoms with Crippen molar-refractivity contribution in [1.29, 1.82) is 0 Å². The van der Waals surface area contributed by atoms with Crippen molar-refractivity contribution in [2.24, 2.45) is 5.92 Å². The lowest BCUT2D eigenvalue weighted by atomic mass is 10.0. The van der Waals surface area contributed by atoms with Gasteiger partial charge in [-0.1, -0.05) is 26.3 Å². The Bertz CT molecular complexity index is 552. The summed E-state index contributed by atoms with van der Waals surface area (Å²) in [6.07, 6.45) is 1.70. The molecule has 3 amide bonds. The Morgan fingerprint density at radius 3 is 2.74 bits per heavy atom. The number of carbonyl (C=O) groups excluding carboxylic acids is 3. The van der Waals surface area contributed by atoms with Crippen LogP contribution in [-0.4, -0.2) is 17.7 Å². The maximum absolute atomic E-state index is 12.0. The van der Waals surface area contributed by atoms with E-state index in [0.717, 1.165) is 12.8 Å². The van der Waals surface area contributed by atoms with E-state index in [0.29, 0.717) is 11.3 Å². The van der Waals surface area contributed by atoms with E-state index in [2.05, 4.69) is 10.6 Å². The standard InChI is InChI=1S/C14H16N2O3/c1-3-5-8(2)12(17)15-10-7-4-6-9-11(10)14(19)16-13(9)18/h4,6-8H,3,5H2,1-2H3,(H,15,17)(H,16,18,19). The molecule has 1 aromatic rings. The number of benzene rings is 1. The number of anilines is 1. The Morgan fingerprint density at radius 1 is 1.32 bits per heavy atom. The molecule has 2 rings (SSSR count). The van der Waals surface area contributed by atoms with E-state index in [-0.39, 0.29) is 17.4 Å². The van der Waals surface area contributed by atoms with Gasteiger partial charge >= 0.3 is 0 Å². The molecule has 0 saturated heterocycles. The van der Waals surface area contributed by atoms with Crippen molar-refractivity contribution in [1.82, 2.24) is 5.32 Å². The van der Waals surface area contributed by atoms with Gasteiger partial charge in [0.2, 0.25) is 5.91 Å². The maximum Gasteiger partial charge on any atom is 0.261 e. The number of amides is 3. The minimum atomic E-state index is -0.459. The highest BCUT2D eigenvalue weighted by Gasteiger charge is 2.30. The van der Waals surface area contributed by atoms with Gasteiger partial charge in [0, 0.05) is 5.92 Å². The molecule has 0 aliphatic carbocycles. The summed E-state index contributed by atoms with van der Waals surface area (Å²) in [5.74, 6) is -1.14. The van der Waals surface area contributed by atoms with E-state index in [1.165, 1.54) is 0 Å². The second-order valence-electron chi connectivity index (χ2n) is 4.69. The van der Waals surface area contributed by atoms with Crippen LogP contribution in [0.25, 0.3) is 0 Å². The third kappa shape index (κ3) is 2.50. The van der Waals surface area contributed by atoms with Gasteiger partial charge in [-0.05, 0) is 18.6 Å². The first kappa shape index (κ1) is 13.3. The number of nitrogens with one attached hydrogen (secondary N) is 2. The Labute approximate surface area is 111 Å². The summed E-state index contributed by atoms with van der Waals surface area (Å²) in [4.78, 5) is 35.2. The fourth-order valence-corrected chi connectivity index (χ4v) is 2.14. The van der Waals surface area contributed by atoms with E-state index in [1.54, 1.807) is 18.2 Å². The monoisotopic (exact) mass is 260 g/mol. The SMILES string of the molecule is CCCC(C)C(=O)Nc1cccc2c1C(=O)NC2=O. The Kier molecular flexibility index (Phi) is 3.64. The lowest BCUT2D eigenvalue weighted by Crippen LogP contribution is -2.23. The lowest BCUT2D eigenvalue weighted by Gasteiger charge is -2.12. The molecule has 0 bridgehead atoms. The summed E-state index contributed by atoms with van der Waals surface area (Å²) in [6, 6.07) is 4.85. The van der Waals surface area contributed by atoms with Crippen LogP contribution in [0.5, 0.6) is 0 Å². The van der Waals surface area contributed by atoms with Crippen molar-refractivity contribution in [2.45, 2.75) is 26.7 Å². The largest absolute Gasteiger partial charge is 0.325 e. The molecule has 100 valence electrons. The first-order valence-electron chi connectivity index (χ1n) is 6.34. The van der Waals surface area contributed by atoms with Crippen LogP contribution in [0.1, 0.15) is 47.4 Å². The van der Waals surface area contributed by atoms with Crippen molar-refractivity contribution in [3.63, 3.8) is 0 Å². The third-order valence-corrected chi connectivity index (χ3v) is 3.19. The molecule has 0 saturated carbocycles. The molecule has 0 aromatic heterocycles. The molecule has 0 fully saturated rings. The van der Waals surface area contributed by atoms with Crippen LogP contribution in [0.15, 0.2) is 18.2 Å². The molecule has 19 heavy (non-hydrogen) atoms. The van der Waals surface area contributed by atoms with Crippen LogP contribution in [0.3, 0.4) is 0 Å². The second kappa shape index (κ2) is 5.22. The van der Waals surface area contributed by atoms with Gasteiger partial charge in [-0.15, -0.1) is 0 Å². The molecule has 1 aliphatic rings. The summed E-state index contributed by atoms with van der Waals surface area (Å²) < 4.78 is 0. The highest BCUT2D eigenvalue weighted by Crippen LogP contribution is 2.25. The average Bonchev–Trinajstić information content (AvgIpc) is 2.66. The highest BCUT2D eigenvalue weighted by molar-refractivity contribution is 6.24. The quantitative estimate of drug-likeness (QED) is 0.812. The minimum Gasteiger partial charge on any atom is -0.325 e. The Balaban J connectivity index is 2.26. The minimum absolute atomic E-state index is 0.124. The first-order valence-corrected chi connectivity index (χ1v) is 6.34. The summed E-state index contributed by atoms with van der Waals surface area (Å²) >= 11 is 0. The predicted octanol–water partition coefficient (Wildman–Crippen LogP) is 1.94. The molecule has 5 heteroatoms.